The zero-order valence-corrected chi connectivity index (χ0v) is 17.8. The maximum Gasteiger partial charge on any atom is 0.255 e. The van der Waals surface area contributed by atoms with Gasteiger partial charge in [-0.05, 0) is 30.2 Å². The van der Waals surface area contributed by atoms with E-state index in [1.165, 1.54) is 5.56 Å². The average Bonchev–Trinajstić information content (AvgIpc) is 3.41. The van der Waals surface area contributed by atoms with E-state index in [-0.39, 0.29) is 36.1 Å². The fourth-order valence-electron chi connectivity index (χ4n) is 4.17. The Morgan fingerprint density at radius 1 is 1.00 bits per heavy atom. The Morgan fingerprint density at radius 3 is 2.31 bits per heavy atom. The number of likely N-dealkylation sites (tertiary alicyclic amines) is 1. The first-order chi connectivity index (χ1) is 13.7. The highest BCUT2D eigenvalue weighted by atomic mass is 35.5. The third-order valence-electron chi connectivity index (χ3n) is 5.73. The van der Waals surface area contributed by atoms with E-state index >= 15 is 0 Å². The molecule has 0 aromatic heterocycles. The van der Waals surface area contributed by atoms with Crippen LogP contribution in [-0.4, -0.2) is 58.9 Å². The molecule has 2 aliphatic heterocycles. The van der Waals surface area contributed by atoms with Crippen molar-refractivity contribution in [2.45, 2.75) is 12.0 Å². The fourth-order valence-corrected chi connectivity index (χ4v) is 5.32. The summed E-state index contributed by atoms with van der Waals surface area (Å²) in [6.07, 6.45) is 0. The van der Waals surface area contributed by atoms with Gasteiger partial charge >= 0.3 is 0 Å². The number of nitrogens with zero attached hydrogens (tertiary/aromatic N) is 2. The topological polar surface area (TPSA) is 66.6 Å². The summed E-state index contributed by atoms with van der Waals surface area (Å²) in [5.41, 5.74) is 7.88. The largest absolute Gasteiger partial charge is 0.340 e. The summed E-state index contributed by atoms with van der Waals surface area (Å²) in [5, 5.41) is 0. The van der Waals surface area contributed by atoms with Crippen LogP contribution in [0.25, 0.3) is 0 Å². The summed E-state index contributed by atoms with van der Waals surface area (Å²) in [7, 11) is 0. The summed E-state index contributed by atoms with van der Waals surface area (Å²) in [5.74, 6) is 1.68. The maximum absolute atomic E-state index is 13.3. The lowest BCUT2D eigenvalue weighted by atomic mass is 9.89. The van der Waals surface area contributed by atoms with Crippen LogP contribution in [0, 0.1) is 5.92 Å². The number of carbonyl (C=O) groups is 2. The molecule has 4 rings (SSSR count). The lowest BCUT2D eigenvalue weighted by molar-refractivity contribution is -0.133. The Balaban J connectivity index is 0.00000240. The molecule has 2 fully saturated rings. The molecule has 2 aromatic rings. The molecule has 2 saturated heterocycles. The monoisotopic (exact) mass is 431 g/mol. The van der Waals surface area contributed by atoms with Gasteiger partial charge < -0.3 is 15.5 Å². The molecule has 0 spiro atoms. The molecule has 29 heavy (non-hydrogen) atoms. The van der Waals surface area contributed by atoms with E-state index in [4.69, 9.17) is 5.73 Å². The van der Waals surface area contributed by atoms with Crippen molar-refractivity contribution in [3.63, 3.8) is 0 Å². The molecule has 2 heterocycles. The van der Waals surface area contributed by atoms with E-state index in [0.29, 0.717) is 36.8 Å². The molecule has 154 valence electrons. The Kier molecular flexibility index (Phi) is 7.22. The number of carbonyl (C=O) groups excluding carboxylic acids is 2. The maximum atomic E-state index is 13.3. The molecule has 3 atom stereocenters. The van der Waals surface area contributed by atoms with Crippen molar-refractivity contribution in [2.75, 3.05) is 31.3 Å². The average molecular weight is 432 g/mol. The summed E-state index contributed by atoms with van der Waals surface area (Å²) in [4.78, 5) is 29.8. The smallest absolute Gasteiger partial charge is 0.255 e. The molecule has 2 N–H and O–H groups in total. The molecule has 1 unspecified atom stereocenters. The highest BCUT2D eigenvalue weighted by molar-refractivity contribution is 7.99. The van der Waals surface area contributed by atoms with E-state index in [1.807, 2.05) is 41.3 Å². The van der Waals surface area contributed by atoms with Gasteiger partial charge in [0, 0.05) is 30.3 Å². The Labute approximate surface area is 182 Å². The molecule has 7 heteroatoms. The predicted molar refractivity (Wildman–Crippen MR) is 119 cm³/mol. The van der Waals surface area contributed by atoms with Crippen LogP contribution < -0.4 is 5.73 Å². The molecular formula is C22H26ClN3O2S. The van der Waals surface area contributed by atoms with Crippen LogP contribution in [0.5, 0.6) is 0 Å². The van der Waals surface area contributed by atoms with Crippen LogP contribution in [0.3, 0.4) is 0 Å². The van der Waals surface area contributed by atoms with E-state index in [1.54, 1.807) is 28.8 Å². The lowest BCUT2D eigenvalue weighted by Crippen LogP contribution is -2.48. The highest BCUT2D eigenvalue weighted by Gasteiger charge is 2.42. The molecule has 2 aromatic carbocycles. The summed E-state index contributed by atoms with van der Waals surface area (Å²) < 4.78 is 0. The fraction of sp³-hybridized carbons (Fsp3) is 0.364. The van der Waals surface area contributed by atoms with Gasteiger partial charge in [0.25, 0.3) is 5.91 Å². The Hall–Kier alpha value is -2.02. The summed E-state index contributed by atoms with van der Waals surface area (Å²) >= 11 is 1.64. The van der Waals surface area contributed by atoms with Gasteiger partial charge in [-0.3, -0.25) is 9.59 Å². The number of benzene rings is 2. The van der Waals surface area contributed by atoms with Crippen LogP contribution in [-0.2, 0) is 4.79 Å². The number of amides is 2. The number of hydrogen-bond donors (Lipinski definition) is 1. The molecule has 0 aliphatic carbocycles. The van der Waals surface area contributed by atoms with Crippen molar-refractivity contribution in [2.24, 2.45) is 11.7 Å². The van der Waals surface area contributed by atoms with Gasteiger partial charge in [-0.2, -0.15) is 0 Å². The number of nitrogens with two attached hydrogens (primary N) is 1. The zero-order valence-electron chi connectivity index (χ0n) is 16.1. The second-order valence-electron chi connectivity index (χ2n) is 7.41. The minimum Gasteiger partial charge on any atom is -0.340 e. The van der Waals surface area contributed by atoms with Gasteiger partial charge in [-0.1, -0.05) is 48.5 Å². The van der Waals surface area contributed by atoms with Gasteiger partial charge in [-0.15, -0.1) is 24.2 Å². The molecule has 0 bridgehead atoms. The van der Waals surface area contributed by atoms with Crippen molar-refractivity contribution in [1.82, 2.24) is 9.80 Å². The van der Waals surface area contributed by atoms with Gasteiger partial charge in [-0.25, -0.2) is 0 Å². The first-order valence-electron chi connectivity index (χ1n) is 9.66. The minimum atomic E-state index is -0.398. The zero-order chi connectivity index (χ0) is 19.5. The van der Waals surface area contributed by atoms with Crippen LogP contribution in [0.1, 0.15) is 21.8 Å². The number of halogens is 1. The third kappa shape index (κ3) is 4.44. The molecule has 2 amide bonds. The van der Waals surface area contributed by atoms with E-state index in [0.717, 1.165) is 0 Å². The summed E-state index contributed by atoms with van der Waals surface area (Å²) in [6.45, 7) is 1.87. The van der Waals surface area contributed by atoms with Crippen molar-refractivity contribution < 1.29 is 9.59 Å². The minimum absolute atomic E-state index is 0. The van der Waals surface area contributed by atoms with Gasteiger partial charge in [0.15, 0.2) is 0 Å². The van der Waals surface area contributed by atoms with Crippen molar-refractivity contribution in [3.8, 4) is 0 Å². The van der Waals surface area contributed by atoms with E-state index < -0.39 is 6.04 Å². The molecule has 5 nitrogen and oxygen atoms in total. The van der Waals surface area contributed by atoms with Crippen molar-refractivity contribution >= 4 is 36.0 Å². The standard InChI is InChI=1S/C22H25N3O2S.ClH/c23-11-18-12-24(13-19(18)16-7-3-1-4-8-16)22(27)20-14-28-15-25(20)21(26)17-9-5-2-6-10-17;/h1-10,18-20H,11-15,23H2;1H/t18-,19+,20?;/m1./s1. The quantitative estimate of drug-likeness (QED) is 0.808. The van der Waals surface area contributed by atoms with Crippen LogP contribution >= 0.6 is 24.2 Å². The van der Waals surface area contributed by atoms with E-state index in [2.05, 4.69) is 12.1 Å². The van der Waals surface area contributed by atoms with Crippen LogP contribution in [0.2, 0.25) is 0 Å². The third-order valence-corrected chi connectivity index (χ3v) is 6.74. The van der Waals surface area contributed by atoms with Gasteiger partial charge in [0.1, 0.15) is 6.04 Å². The number of rotatable bonds is 4. The second-order valence-corrected chi connectivity index (χ2v) is 8.41. The summed E-state index contributed by atoms with van der Waals surface area (Å²) in [6, 6.07) is 19.1. The van der Waals surface area contributed by atoms with Crippen molar-refractivity contribution in [3.05, 3.63) is 71.8 Å². The number of thioether (sulfide) groups is 1. The molecule has 0 saturated carbocycles. The van der Waals surface area contributed by atoms with Gasteiger partial charge in [0.05, 0.1) is 5.88 Å². The predicted octanol–water partition coefficient (Wildman–Crippen LogP) is 2.82. The van der Waals surface area contributed by atoms with Crippen LogP contribution in [0.15, 0.2) is 60.7 Å². The molecule has 0 radical (unpaired) electrons. The second kappa shape index (κ2) is 9.65. The van der Waals surface area contributed by atoms with Gasteiger partial charge in [0.2, 0.25) is 5.91 Å². The van der Waals surface area contributed by atoms with E-state index in [9.17, 15) is 9.59 Å². The van der Waals surface area contributed by atoms with Crippen LogP contribution in [0.4, 0.5) is 0 Å². The Morgan fingerprint density at radius 2 is 1.66 bits per heavy atom. The van der Waals surface area contributed by atoms with Crippen molar-refractivity contribution in [1.29, 1.82) is 0 Å². The molecular weight excluding hydrogens is 406 g/mol. The normalized spacial score (nSPS) is 23.7. The molecule has 2 aliphatic rings. The SMILES string of the molecule is Cl.NC[C@@H]1CN(C(=O)C2CSCN2C(=O)c2ccccc2)C[C@H]1c1ccccc1. The first kappa shape index (κ1) is 21.7. The first-order valence-corrected chi connectivity index (χ1v) is 10.8. The highest BCUT2D eigenvalue weighted by Crippen LogP contribution is 2.34. The lowest BCUT2D eigenvalue weighted by Gasteiger charge is -2.27. The Bertz CT molecular complexity index is 836. The number of hydrogen-bond acceptors (Lipinski definition) is 4.